The van der Waals surface area contributed by atoms with E-state index in [0.29, 0.717) is 23.7 Å². The summed E-state index contributed by atoms with van der Waals surface area (Å²) in [4.78, 5) is 23.0. The Labute approximate surface area is 144 Å². The molecule has 2 saturated heterocycles. The molecule has 7 nitrogen and oxygen atoms in total. The molecule has 3 atom stereocenters. The van der Waals surface area contributed by atoms with Gasteiger partial charge in [-0.3, -0.25) is 14.6 Å². The minimum absolute atomic E-state index is 0.152. The maximum atomic E-state index is 11.6. The second kappa shape index (κ2) is 7.19. The number of hydrogen-bond acceptors (Lipinski definition) is 6. The standard InChI is InChI=1S/C17H29N5O2/c1-12-10-22(13(2)17-18-14(3)19-24-17)11-16(12)21-7-5-6-20(8-9-21)15(4)23/h12-13,16H,5-11H2,1-4H3/t12-,13+,16+/m0/s1. The van der Waals surface area contributed by atoms with E-state index in [1.807, 2.05) is 11.8 Å². The summed E-state index contributed by atoms with van der Waals surface area (Å²) in [5.74, 6) is 2.19. The van der Waals surface area contributed by atoms with Crippen molar-refractivity contribution in [1.29, 1.82) is 0 Å². The van der Waals surface area contributed by atoms with Gasteiger partial charge in [-0.15, -0.1) is 0 Å². The molecule has 2 aliphatic heterocycles. The first-order valence-electron chi connectivity index (χ1n) is 8.99. The molecule has 0 spiro atoms. The molecule has 2 fully saturated rings. The van der Waals surface area contributed by atoms with Crippen molar-refractivity contribution in [3.05, 3.63) is 11.7 Å². The molecule has 0 aromatic carbocycles. The second-order valence-electron chi connectivity index (χ2n) is 7.25. The molecule has 0 radical (unpaired) electrons. The number of carbonyl (C=O) groups excluding carboxylic acids is 1. The van der Waals surface area contributed by atoms with Crippen molar-refractivity contribution >= 4 is 5.91 Å². The van der Waals surface area contributed by atoms with Crippen LogP contribution in [0.1, 0.15) is 44.9 Å². The molecule has 0 saturated carbocycles. The molecule has 0 N–H and O–H groups in total. The SMILES string of the molecule is CC(=O)N1CCCN([C@@H]2CN([C@H](C)c3nc(C)no3)C[C@@H]2C)CC1. The summed E-state index contributed by atoms with van der Waals surface area (Å²) in [6, 6.07) is 0.683. The Kier molecular flexibility index (Phi) is 5.20. The van der Waals surface area contributed by atoms with Gasteiger partial charge in [-0.1, -0.05) is 12.1 Å². The van der Waals surface area contributed by atoms with Crippen LogP contribution in [-0.2, 0) is 4.79 Å². The lowest BCUT2D eigenvalue weighted by molar-refractivity contribution is -0.128. The quantitative estimate of drug-likeness (QED) is 0.830. The Morgan fingerprint density at radius 3 is 2.71 bits per heavy atom. The average molecular weight is 335 g/mol. The van der Waals surface area contributed by atoms with Gasteiger partial charge < -0.3 is 9.42 Å². The molecule has 1 aromatic heterocycles. The third kappa shape index (κ3) is 3.62. The van der Waals surface area contributed by atoms with E-state index in [0.717, 1.165) is 45.7 Å². The van der Waals surface area contributed by atoms with E-state index in [2.05, 4.69) is 33.8 Å². The summed E-state index contributed by atoms with van der Waals surface area (Å²) in [5, 5.41) is 3.91. The highest BCUT2D eigenvalue weighted by Crippen LogP contribution is 2.29. The number of nitrogens with zero attached hydrogens (tertiary/aromatic N) is 5. The molecular weight excluding hydrogens is 306 g/mol. The lowest BCUT2D eigenvalue weighted by Gasteiger charge is -2.30. The number of rotatable bonds is 3. The first-order valence-corrected chi connectivity index (χ1v) is 8.99. The smallest absolute Gasteiger partial charge is 0.243 e. The van der Waals surface area contributed by atoms with Crippen molar-refractivity contribution in [1.82, 2.24) is 24.8 Å². The van der Waals surface area contributed by atoms with Gasteiger partial charge in [0.1, 0.15) is 0 Å². The molecule has 7 heteroatoms. The number of likely N-dealkylation sites (tertiary alicyclic amines) is 1. The van der Waals surface area contributed by atoms with Gasteiger partial charge >= 0.3 is 0 Å². The van der Waals surface area contributed by atoms with E-state index < -0.39 is 0 Å². The minimum atomic E-state index is 0.152. The Bertz CT molecular complexity index is 575. The molecule has 1 amide bonds. The first-order chi connectivity index (χ1) is 11.5. The fraction of sp³-hybridized carbons (Fsp3) is 0.824. The van der Waals surface area contributed by atoms with Crippen molar-refractivity contribution < 1.29 is 9.32 Å². The van der Waals surface area contributed by atoms with Crippen LogP contribution in [-0.4, -0.2) is 76.1 Å². The van der Waals surface area contributed by atoms with Crippen molar-refractivity contribution in [2.75, 3.05) is 39.3 Å². The van der Waals surface area contributed by atoms with Gasteiger partial charge in [0.05, 0.1) is 6.04 Å². The third-order valence-corrected chi connectivity index (χ3v) is 5.49. The zero-order chi connectivity index (χ0) is 17.3. The van der Waals surface area contributed by atoms with Crippen LogP contribution in [0.4, 0.5) is 0 Å². The predicted molar refractivity (Wildman–Crippen MR) is 90.4 cm³/mol. The van der Waals surface area contributed by atoms with Crippen LogP contribution in [0.25, 0.3) is 0 Å². The topological polar surface area (TPSA) is 65.7 Å². The molecule has 3 rings (SSSR count). The van der Waals surface area contributed by atoms with Crippen molar-refractivity contribution in [2.45, 2.75) is 46.2 Å². The van der Waals surface area contributed by atoms with Gasteiger partial charge in [-0.25, -0.2) is 0 Å². The van der Waals surface area contributed by atoms with Gasteiger partial charge in [0.2, 0.25) is 11.8 Å². The minimum Gasteiger partial charge on any atom is -0.342 e. The summed E-state index contributed by atoms with van der Waals surface area (Å²) in [5.41, 5.74) is 0. The van der Waals surface area contributed by atoms with E-state index in [1.165, 1.54) is 0 Å². The second-order valence-corrected chi connectivity index (χ2v) is 7.25. The van der Waals surface area contributed by atoms with Crippen LogP contribution in [0.5, 0.6) is 0 Å². The van der Waals surface area contributed by atoms with Crippen LogP contribution < -0.4 is 0 Å². The predicted octanol–water partition coefficient (Wildman–Crippen LogP) is 1.31. The summed E-state index contributed by atoms with van der Waals surface area (Å²) < 4.78 is 5.35. The van der Waals surface area contributed by atoms with Crippen LogP contribution in [0.15, 0.2) is 4.52 Å². The van der Waals surface area contributed by atoms with Crippen LogP contribution in [0.3, 0.4) is 0 Å². The highest BCUT2D eigenvalue weighted by molar-refractivity contribution is 5.73. The van der Waals surface area contributed by atoms with Crippen LogP contribution >= 0.6 is 0 Å². The van der Waals surface area contributed by atoms with Gasteiger partial charge in [0.15, 0.2) is 5.82 Å². The fourth-order valence-electron chi connectivity index (χ4n) is 4.00. The molecule has 2 aliphatic rings. The molecule has 3 heterocycles. The lowest BCUT2D eigenvalue weighted by Crippen LogP contribution is -2.43. The molecule has 0 aliphatic carbocycles. The van der Waals surface area contributed by atoms with E-state index in [1.54, 1.807) is 6.92 Å². The molecule has 134 valence electrons. The average Bonchev–Trinajstić information content (AvgIpc) is 3.04. The van der Waals surface area contributed by atoms with E-state index in [-0.39, 0.29) is 11.9 Å². The Hall–Kier alpha value is -1.47. The normalized spacial score (nSPS) is 28.1. The summed E-state index contributed by atoms with van der Waals surface area (Å²) >= 11 is 0. The van der Waals surface area contributed by atoms with Crippen molar-refractivity contribution in [2.24, 2.45) is 5.92 Å². The van der Waals surface area contributed by atoms with Crippen molar-refractivity contribution in [3.8, 4) is 0 Å². The Morgan fingerprint density at radius 2 is 2.04 bits per heavy atom. The summed E-state index contributed by atoms with van der Waals surface area (Å²) in [7, 11) is 0. The number of amides is 1. The summed E-state index contributed by atoms with van der Waals surface area (Å²) in [6.45, 7) is 13.8. The van der Waals surface area contributed by atoms with Crippen LogP contribution in [0, 0.1) is 12.8 Å². The van der Waals surface area contributed by atoms with Crippen LogP contribution in [0.2, 0.25) is 0 Å². The Balaban J connectivity index is 1.62. The van der Waals surface area contributed by atoms with Gasteiger partial charge in [0.25, 0.3) is 0 Å². The largest absolute Gasteiger partial charge is 0.342 e. The number of carbonyl (C=O) groups is 1. The summed E-state index contributed by atoms with van der Waals surface area (Å²) in [6.07, 6.45) is 1.06. The highest BCUT2D eigenvalue weighted by atomic mass is 16.5. The maximum absolute atomic E-state index is 11.6. The van der Waals surface area contributed by atoms with E-state index >= 15 is 0 Å². The number of aryl methyl sites for hydroxylation is 1. The van der Waals surface area contributed by atoms with Gasteiger partial charge in [0, 0.05) is 52.2 Å². The molecule has 0 bridgehead atoms. The zero-order valence-electron chi connectivity index (χ0n) is 15.2. The maximum Gasteiger partial charge on any atom is 0.243 e. The highest BCUT2D eigenvalue weighted by Gasteiger charge is 2.37. The number of hydrogen-bond donors (Lipinski definition) is 0. The zero-order valence-corrected chi connectivity index (χ0v) is 15.2. The van der Waals surface area contributed by atoms with E-state index in [4.69, 9.17) is 4.52 Å². The Morgan fingerprint density at radius 1 is 1.25 bits per heavy atom. The molecule has 24 heavy (non-hydrogen) atoms. The monoisotopic (exact) mass is 335 g/mol. The van der Waals surface area contributed by atoms with E-state index in [9.17, 15) is 4.79 Å². The van der Waals surface area contributed by atoms with Gasteiger partial charge in [-0.05, 0) is 26.2 Å². The third-order valence-electron chi connectivity index (χ3n) is 5.49. The molecule has 0 unspecified atom stereocenters. The fourth-order valence-corrected chi connectivity index (χ4v) is 4.00. The van der Waals surface area contributed by atoms with Crippen molar-refractivity contribution in [3.63, 3.8) is 0 Å². The number of aromatic nitrogens is 2. The molecular formula is C17H29N5O2. The lowest BCUT2D eigenvalue weighted by atomic mass is 10.0. The van der Waals surface area contributed by atoms with Gasteiger partial charge in [-0.2, -0.15) is 4.98 Å². The first kappa shape index (κ1) is 17.4. The molecule has 1 aromatic rings.